The number of benzene rings is 1. The van der Waals surface area contributed by atoms with Gasteiger partial charge < -0.3 is 10.8 Å². The van der Waals surface area contributed by atoms with Crippen molar-refractivity contribution in [3.63, 3.8) is 0 Å². The predicted molar refractivity (Wildman–Crippen MR) is 55.3 cm³/mol. The maximum atomic E-state index is 10.5. The Morgan fingerprint density at radius 1 is 1.36 bits per heavy atom. The van der Waals surface area contributed by atoms with Gasteiger partial charge in [0.1, 0.15) is 6.04 Å². The van der Waals surface area contributed by atoms with Crippen LogP contribution < -0.4 is 5.73 Å². The first-order chi connectivity index (χ1) is 6.63. The molecule has 0 aliphatic heterocycles. The second kappa shape index (κ2) is 4.98. The molecule has 3 nitrogen and oxygen atoms in total. The molecule has 1 aromatic rings. The summed E-state index contributed by atoms with van der Waals surface area (Å²) in [6.07, 6.45) is 0.345. The van der Waals surface area contributed by atoms with Gasteiger partial charge in [-0.2, -0.15) is 0 Å². The Morgan fingerprint density at radius 2 is 1.86 bits per heavy atom. The first kappa shape index (κ1) is 11.0. The van der Waals surface area contributed by atoms with Crippen LogP contribution in [-0.4, -0.2) is 17.1 Å². The molecule has 1 atom stereocenters. The van der Waals surface area contributed by atoms with Crippen molar-refractivity contribution in [1.82, 2.24) is 0 Å². The molecular weight excluding hydrogens is 202 g/mol. The van der Waals surface area contributed by atoms with E-state index in [9.17, 15) is 4.79 Å². The maximum Gasteiger partial charge on any atom is 0.320 e. The average Bonchev–Trinajstić information content (AvgIpc) is 2.19. The van der Waals surface area contributed by atoms with Crippen molar-refractivity contribution in [2.75, 3.05) is 0 Å². The summed E-state index contributed by atoms with van der Waals surface area (Å²) in [5.41, 5.74) is 7.32. The molecule has 0 saturated carbocycles. The van der Waals surface area contributed by atoms with Gasteiger partial charge in [0.05, 0.1) is 0 Å². The molecule has 0 unspecified atom stereocenters. The molecular formula is C10H12ClNO2. The van der Waals surface area contributed by atoms with Gasteiger partial charge in [0.25, 0.3) is 0 Å². The Labute approximate surface area is 87.5 Å². The molecule has 0 aliphatic rings. The van der Waals surface area contributed by atoms with Crippen molar-refractivity contribution in [1.29, 1.82) is 0 Å². The number of hydrogen-bond donors (Lipinski definition) is 2. The van der Waals surface area contributed by atoms with Gasteiger partial charge in [0, 0.05) is 5.88 Å². The van der Waals surface area contributed by atoms with E-state index in [4.69, 9.17) is 22.4 Å². The van der Waals surface area contributed by atoms with Crippen LogP contribution in [0, 0.1) is 0 Å². The third kappa shape index (κ3) is 3.01. The molecule has 0 spiro atoms. The fourth-order valence-electron chi connectivity index (χ4n) is 1.11. The smallest absolute Gasteiger partial charge is 0.320 e. The largest absolute Gasteiger partial charge is 0.480 e. The van der Waals surface area contributed by atoms with Gasteiger partial charge in [-0.25, -0.2) is 0 Å². The van der Waals surface area contributed by atoms with Crippen LogP contribution in [-0.2, 0) is 17.1 Å². The quantitative estimate of drug-likeness (QED) is 0.743. The third-order valence-corrected chi connectivity index (χ3v) is 2.26. The summed E-state index contributed by atoms with van der Waals surface area (Å²) in [7, 11) is 0. The van der Waals surface area contributed by atoms with Gasteiger partial charge in [-0.15, -0.1) is 11.6 Å². The first-order valence-electron chi connectivity index (χ1n) is 4.25. The van der Waals surface area contributed by atoms with Gasteiger partial charge in [-0.3, -0.25) is 4.79 Å². The van der Waals surface area contributed by atoms with Crippen molar-refractivity contribution >= 4 is 17.6 Å². The van der Waals surface area contributed by atoms with Crippen molar-refractivity contribution < 1.29 is 9.90 Å². The number of carboxylic acid groups (broad SMARTS) is 1. The fourth-order valence-corrected chi connectivity index (χ4v) is 1.28. The summed E-state index contributed by atoms with van der Waals surface area (Å²) >= 11 is 5.62. The third-order valence-electron chi connectivity index (χ3n) is 1.95. The van der Waals surface area contributed by atoms with Crippen LogP contribution in [0.1, 0.15) is 11.1 Å². The molecule has 1 aromatic carbocycles. The highest BCUT2D eigenvalue weighted by atomic mass is 35.5. The standard InChI is InChI=1S/C10H12ClNO2/c11-6-8-3-1-7(2-4-8)5-9(12)10(13)14/h1-4,9H,5-6,12H2,(H,13,14)/t9-/m0/s1. The van der Waals surface area contributed by atoms with Crippen molar-refractivity contribution in [3.8, 4) is 0 Å². The van der Waals surface area contributed by atoms with E-state index in [2.05, 4.69) is 0 Å². The Bertz CT molecular complexity index is 310. The van der Waals surface area contributed by atoms with E-state index < -0.39 is 12.0 Å². The number of hydrogen-bond acceptors (Lipinski definition) is 2. The highest BCUT2D eigenvalue weighted by Crippen LogP contribution is 2.08. The fraction of sp³-hybridized carbons (Fsp3) is 0.300. The number of halogens is 1. The Hall–Kier alpha value is -1.06. The van der Waals surface area contributed by atoms with Gasteiger partial charge in [0.2, 0.25) is 0 Å². The highest BCUT2D eigenvalue weighted by Gasteiger charge is 2.11. The molecule has 0 amide bonds. The number of rotatable bonds is 4. The van der Waals surface area contributed by atoms with Gasteiger partial charge in [-0.05, 0) is 17.5 Å². The summed E-state index contributed by atoms with van der Waals surface area (Å²) in [5.74, 6) is -0.517. The van der Waals surface area contributed by atoms with E-state index in [1.54, 1.807) is 0 Å². The molecule has 0 radical (unpaired) electrons. The van der Waals surface area contributed by atoms with Crippen LogP contribution in [0.3, 0.4) is 0 Å². The molecule has 1 rings (SSSR count). The SMILES string of the molecule is N[C@@H](Cc1ccc(CCl)cc1)C(=O)O. The average molecular weight is 214 g/mol. The van der Waals surface area contributed by atoms with Crippen LogP contribution >= 0.6 is 11.6 Å². The number of aliphatic carboxylic acids is 1. The molecule has 0 heterocycles. The van der Waals surface area contributed by atoms with Crippen LogP contribution in [0.25, 0.3) is 0 Å². The van der Waals surface area contributed by atoms with E-state index in [1.807, 2.05) is 24.3 Å². The minimum atomic E-state index is -0.980. The van der Waals surface area contributed by atoms with Crippen LogP contribution in [0.2, 0.25) is 0 Å². The second-order valence-electron chi connectivity index (χ2n) is 3.10. The molecule has 4 heteroatoms. The topological polar surface area (TPSA) is 63.3 Å². The lowest BCUT2D eigenvalue weighted by molar-refractivity contribution is -0.138. The summed E-state index contributed by atoms with van der Waals surface area (Å²) in [5, 5.41) is 8.60. The molecule has 0 fully saturated rings. The Morgan fingerprint density at radius 3 is 2.29 bits per heavy atom. The van der Waals surface area contributed by atoms with Crippen LogP contribution in [0.15, 0.2) is 24.3 Å². The van der Waals surface area contributed by atoms with Crippen LogP contribution in [0.4, 0.5) is 0 Å². The van der Waals surface area contributed by atoms with E-state index >= 15 is 0 Å². The molecule has 0 aromatic heterocycles. The lowest BCUT2D eigenvalue weighted by Crippen LogP contribution is -2.32. The minimum absolute atomic E-state index is 0.345. The lowest BCUT2D eigenvalue weighted by atomic mass is 10.1. The van der Waals surface area contributed by atoms with E-state index in [-0.39, 0.29) is 0 Å². The van der Waals surface area contributed by atoms with E-state index in [0.29, 0.717) is 12.3 Å². The first-order valence-corrected chi connectivity index (χ1v) is 4.79. The van der Waals surface area contributed by atoms with Crippen molar-refractivity contribution in [2.24, 2.45) is 5.73 Å². The zero-order chi connectivity index (χ0) is 10.6. The summed E-state index contributed by atoms with van der Waals surface area (Å²) < 4.78 is 0. The van der Waals surface area contributed by atoms with Gasteiger partial charge in [0.15, 0.2) is 0 Å². The van der Waals surface area contributed by atoms with Crippen molar-refractivity contribution in [2.45, 2.75) is 18.3 Å². The Kier molecular flexibility index (Phi) is 3.92. The molecule has 3 N–H and O–H groups in total. The summed E-state index contributed by atoms with van der Waals surface area (Å²) in [4.78, 5) is 10.5. The molecule has 14 heavy (non-hydrogen) atoms. The highest BCUT2D eigenvalue weighted by molar-refractivity contribution is 6.17. The molecule has 76 valence electrons. The number of alkyl halides is 1. The molecule has 0 aliphatic carbocycles. The number of carboxylic acids is 1. The van der Waals surface area contributed by atoms with E-state index in [1.165, 1.54) is 0 Å². The minimum Gasteiger partial charge on any atom is -0.480 e. The number of carbonyl (C=O) groups is 1. The molecule has 0 saturated heterocycles. The predicted octanol–water partition coefficient (Wildman–Crippen LogP) is 1.38. The zero-order valence-electron chi connectivity index (χ0n) is 7.61. The van der Waals surface area contributed by atoms with E-state index in [0.717, 1.165) is 11.1 Å². The monoisotopic (exact) mass is 213 g/mol. The summed E-state index contributed by atoms with van der Waals surface area (Å²) in [6.45, 7) is 0. The van der Waals surface area contributed by atoms with Crippen molar-refractivity contribution in [3.05, 3.63) is 35.4 Å². The summed E-state index contributed by atoms with van der Waals surface area (Å²) in [6, 6.07) is 6.60. The maximum absolute atomic E-state index is 10.5. The molecule has 0 bridgehead atoms. The second-order valence-corrected chi connectivity index (χ2v) is 3.37. The normalized spacial score (nSPS) is 12.4. The zero-order valence-corrected chi connectivity index (χ0v) is 8.37. The van der Waals surface area contributed by atoms with Crippen LogP contribution in [0.5, 0.6) is 0 Å². The van der Waals surface area contributed by atoms with Gasteiger partial charge >= 0.3 is 5.97 Å². The van der Waals surface area contributed by atoms with Gasteiger partial charge in [-0.1, -0.05) is 24.3 Å². The Balaban J connectivity index is 2.64. The number of nitrogens with two attached hydrogens (primary N) is 1. The lowest BCUT2D eigenvalue weighted by Gasteiger charge is -2.06.